The van der Waals surface area contributed by atoms with Gasteiger partial charge in [0, 0.05) is 15.5 Å². The molecule has 4 rings (SSSR count). The third-order valence-corrected chi connectivity index (χ3v) is 6.70. The number of thiophene rings is 1. The molecule has 0 fully saturated rings. The van der Waals surface area contributed by atoms with E-state index in [9.17, 15) is 9.59 Å². The van der Waals surface area contributed by atoms with Gasteiger partial charge in [0.1, 0.15) is 16.3 Å². The van der Waals surface area contributed by atoms with E-state index in [2.05, 4.69) is 36.5 Å². The molecule has 0 saturated carbocycles. The fraction of sp³-hybridized carbons (Fsp3) is 0.143. The normalized spacial score (nSPS) is 10.6. The highest BCUT2D eigenvalue weighted by Crippen LogP contribution is 2.41. The minimum absolute atomic E-state index is 0.200. The molecule has 0 unspecified atom stereocenters. The van der Waals surface area contributed by atoms with Crippen LogP contribution in [0.1, 0.15) is 20.8 Å². The topological polar surface area (TPSA) is 64.6 Å². The van der Waals surface area contributed by atoms with Crippen molar-refractivity contribution in [2.24, 2.45) is 0 Å². The van der Waals surface area contributed by atoms with Crippen LogP contribution in [0.3, 0.4) is 0 Å². The average molecular weight is 506 g/mol. The lowest BCUT2D eigenvalue weighted by Crippen LogP contribution is -2.21. The van der Waals surface area contributed by atoms with Crippen molar-refractivity contribution in [1.82, 2.24) is 0 Å². The molecule has 4 aromatic rings. The summed E-state index contributed by atoms with van der Waals surface area (Å²) in [5, 5.41) is 3.77. The second-order valence-electron chi connectivity index (χ2n) is 7.97. The highest BCUT2D eigenvalue weighted by Gasteiger charge is 2.25. The van der Waals surface area contributed by atoms with E-state index in [0.717, 1.165) is 21.6 Å². The Morgan fingerprint density at radius 1 is 0.914 bits per heavy atom. The smallest absolute Gasteiger partial charge is 0.341 e. The molecule has 1 aromatic heterocycles. The number of aryl methyl sites for hydroxylation is 2. The summed E-state index contributed by atoms with van der Waals surface area (Å²) in [6.07, 6.45) is 0. The zero-order valence-corrected chi connectivity index (χ0v) is 21.1. The Bertz CT molecular complexity index is 1360. The molecular formula is C28H24ClNO4S. The Morgan fingerprint density at radius 2 is 1.57 bits per heavy atom. The maximum Gasteiger partial charge on any atom is 0.341 e. The second-order valence-corrected chi connectivity index (χ2v) is 9.63. The van der Waals surface area contributed by atoms with Gasteiger partial charge < -0.3 is 14.8 Å². The number of halogens is 1. The van der Waals surface area contributed by atoms with E-state index >= 15 is 0 Å². The molecule has 0 spiro atoms. The molecule has 0 aliphatic rings. The quantitative estimate of drug-likeness (QED) is 0.271. The predicted molar refractivity (Wildman–Crippen MR) is 142 cm³/mol. The largest absolute Gasteiger partial charge is 0.484 e. The molecular weight excluding hydrogens is 482 g/mol. The first-order chi connectivity index (χ1) is 16.9. The van der Waals surface area contributed by atoms with Gasteiger partial charge in [0.05, 0.1) is 7.11 Å². The monoisotopic (exact) mass is 505 g/mol. The van der Waals surface area contributed by atoms with Gasteiger partial charge in [0.25, 0.3) is 5.91 Å². The van der Waals surface area contributed by atoms with Crippen LogP contribution in [0.5, 0.6) is 5.75 Å². The molecule has 0 saturated heterocycles. The zero-order chi connectivity index (χ0) is 24.9. The van der Waals surface area contributed by atoms with E-state index in [1.165, 1.54) is 24.0 Å². The van der Waals surface area contributed by atoms with Crippen molar-refractivity contribution in [1.29, 1.82) is 0 Å². The lowest BCUT2D eigenvalue weighted by molar-refractivity contribution is -0.118. The number of hydrogen-bond donors (Lipinski definition) is 1. The maximum atomic E-state index is 12.7. The molecule has 0 bridgehead atoms. The summed E-state index contributed by atoms with van der Waals surface area (Å²) >= 11 is 7.46. The van der Waals surface area contributed by atoms with Crippen LogP contribution in [0.2, 0.25) is 5.02 Å². The molecule has 0 aliphatic carbocycles. The third-order valence-electron chi connectivity index (χ3n) is 5.45. The predicted octanol–water partition coefficient (Wildman–Crippen LogP) is 7.16. The van der Waals surface area contributed by atoms with Crippen LogP contribution >= 0.6 is 22.9 Å². The Morgan fingerprint density at radius 3 is 2.20 bits per heavy atom. The van der Waals surface area contributed by atoms with Gasteiger partial charge in [0.2, 0.25) is 0 Å². The lowest BCUT2D eigenvalue weighted by atomic mass is 10.0. The summed E-state index contributed by atoms with van der Waals surface area (Å²) < 4.78 is 10.7. The number of nitrogens with one attached hydrogen (secondary N) is 1. The first-order valence-electron chi connectivity index (χ1n) is 10.9. The standard InChI is InChI=1S/C28H24ClNO4S/c1-17-7-9-19(10-8-17)20-11-13-23(14-12-20)34-16-24(31)30-27-26(28(32)33-3)25(18(2)35-27)21-5-4-6-22(29)15-21/h4-15H,16H2,1-3H3,(H,30,31). The molecule has 1 heterocycles. The van der Waals surface area contributed by atoms with Crippen LogP contribution in [0.25, 0.3) is 22.3 Å². The number of rotatable bonds is 7. The molecule has 0 aliphatic heterocycles. The van der Waals surface area contributed by atoms with E-state index in [-0.39, 0.29) is 12.5 Å². The highest BCUT2D eigenvalue weighted by molar-refractivity contribution is 7.17. The Hall–Kier alpha value is -3.61. The van der Waals surface area contributed by atoms with Crippen LogP contribution in [-0.4, -0.2) is 25.6 Å². The van der Waals surface area contributed by atoms with Crippen LogP contribution in [-0.2, 0) is 9.53 Å². The summed E-state index contributed by atoms with van der Waals surface area (Å²) in [6, 6.07) is 23.0. The molecule has 35 heavy (non-hydrogen) atoms. The molecule has 3 aromatic carbocycles. The molecule has 178 valence electrons. The Balaban J connectivity index is 1.47. The number of hydrogen-bond acceptors (Lipinski definition) is 5. The van der Waals surface area contributed by atoms with Crippen molar-refractivity contribution in [3.8, 4) is 28.0 Å². The maximum absolute atomic E-state index is 12.7. The van der Waals surface area contributed by atoms with Crippen molar-refractivity contribution in [2.45, 2.75) is 13.8 Å². The van der Waals surface area contributed by atoms with Crippen molar-refractivity contribution in [2.75, 3.05) is 19.0 Å². The second kappa shape index (κ2) is 10.8. The van der Waals surface area contributed by atoms with Crippen LogP contribution < -0.4 is 10.1 Å². The summed E-state index contributed by atoms with van der Waals surface area (Å²) in [6.45, 7) is 3.73. The van der Waals surface area contributed by atoms with Gasteiger partial charge in [-0.05, 0) is 54.8 Å². The summed E-state index contributed by atoms with van der Waals surface area (Å²) in [7, 11) is 1.31. The molecule has 5 nitrogen and oxygen atoms in total. The van der Waals surface area contributed by atoms with E-state index in [1.54, 1.807) is 12.1 Å². The minimum Gasteiger partial charge on any atom is -0.484 e. The van der Waals surface area contributed by atoms with Gasteiger partial charge >= 0.3 is 5.97 Å². The summed E-state index contributed by atoms with van der Waals surface area (Å²) in [5.74, 6) is -0.338. The average Bonchev–Trinajstić information content (AvgIpc) is 3.18. The Kier molecular flexibility index (Phi) is 7.54. The number of methoxy groups -OCH3 is 1. The lowest BCUT2D eigenvalue weighted by Gasteiger charge is -2.10. The molecule has 0 radical (unpaired) electrons. The van der Waals surface area contributed by atoms with Gasteiger partial charge in [-0.1, -0.05) is 65.7 Å². The van der Waals surface area contributed by atoms with Crippen molar-refractivity contribution in [3.63, 3.8) is 0 Å². The number of anilines is 1. The third kappa shape index (κ3) is 5.73. The van der Waals surface area contributed by atoms with Crippen molar-refractivity contribution >= 4 is 39.8 Å². The fourth-order valence-corrected chi connectivity index (χ4v) is 4.99. The fourth-order valence-electron chi connectivity index (χ4n) is 3.72. The van der Waals surface area contributed by atoms with Gasteiger partial charge in [-0.3, -0.25) is 4.79 Å². The van der Waals surface area contributed by atoms with Gasteiger partial charge in [0.15, 0.2) is 6.61 Å². The summed E-state index contributed by atoms with van der Waals surface area (Å²) in [4.78, 5) is 26.2. The number of carbonyl (C=O) groups excluding carboxylic acids is 2. The SMILES string of the molecule is COC(=O)c1c(NC(=O)COc2ccc(-c3ccc(C)cc3)cc2)sc(C)c1-c1cccc(Cl)c1. The highest BCUT2D eigenvalue weighted by atomic mass is 35.5. The molecule has 7 heteroatoms. The van der Waals surface area contributed by atoms with E-state index in [0.29, 0.717) is 26.9 Å². The van der Waals surface area contributed by atoms with Gasteiger partial charge in [-0.2, -0.15) is 0 Å². The van der Waals surface area contributed by atoms with Crippen LogP contribution in [0, 0.1) is 13.8 Å². The van der Waals surface area contributed by atoms with Crippen LogP contribution in [0.15, 0.2) is 72.8 Å². The number of ether oxygens (including phenoxy) is 2. The summed E-state index contributed by atoms with van der Waals surface area (Å²) in [5.41, 5.74) is 5.14. The molecule has 0 atom stereocenters. The zero-order valence-electron chi connectivity index (χ0n) is 19.6. The minimum atomic E-state index is -0.535. The number of carbonyl (C=O) groups is 2. The van der Waals surface area contributed by atoms with E-state index in [1.807, 2.05) is 43.3 Å². The van der Waals surface area contributed by atoms with Crippen LogP contribution in [0.4, 0.5) is 5.00 Å². The number of esters is 1. The molecule has 1 N–H and O–H groups in total. The number of amides is 1. The van der Waals surface area contributed by atoms with Gasteiger partial charge in [-0.15, -0.1) is 11.3 Å². The Labute approximate surface area is 213 Å². The molecule has 1 amide bonds. The van der Waals surface area contributed by atoms with E-state index < -0.39 is 5.97 Å². The number of benzene rings is 3. The first kappa shape index (κ1) is 24.5. The first-order valence-corrected chi connectivity index (χ1v) is 12.1. The van der Waals surface area contributed by atoms with Gasteiger partial charge in [-0.25, -0.2) is 4.79 Å². The van der Waals surface area contributed by atoms with E-state index in [4.69, 9.17) is 21.1 Å². The van der Waals surface area contributed by atoms with Crippen molar-refractivity contribution in [3.05, 3.63) is 93.8 Å². The van der Waals surface area contributed by atoms with Crippen molar-refractivity contribution < 1.29 is 19.1 Å².